The predicted octanol–water partition coefficient (Wildman–Crippen LogP) is 5.05. The topological polar surface area (TPSA) is 27.7 Å². The van der Waals surface area contributed by atoms with E-state index in [2.05, 4.69) is 33.1 Å². The SMILES string of the molecule is CCCC[Si](C)(C)O[Si](C)(C)CCCCCOCCOC. The standard InChI is InChI=1S/C16H38O3Si2/c1-7-8-15-20(3,4)19-21(5,6)16-11-9-10-12-18-14-13-17-2/h7-16H2,1-6H3. The Morgan fingerprint density at radius 2 is 1.33 bits per heavy atom. The lowest BCUT2D eigenvalue weighted by Gasteiger charge is -2.34. The van der Waals surface area contributed by atoms with Crippen molar-refractivity contribution < 1.29 is 13.6 Å². The Morgan fingerprint density at radius 3 is 1.90 bits per heavy atom. The second kappa shape index (κ2) is 11.8. The van der Waals surface area contributed by atoms with Crippen LogP contribution in [0.4, 0.5) is 0 Å². The van der Waals surface area contributed by atoms with Gasteiger partial charge in [-0.05, 0) is 44.7 Å². The third-order valence-corrected chi connectivity index (χ3v) is 11.2. The van der Waals surface area contributed by atoms with Crippen molar-refractivity contribution in [2.75, 3.05) is 26.9 Å². The van der Waals surface area contributed by atoms with Crippen molar-refractivity contribution in [3.63, 3.8) is 0 Å². The van der Waals surface area contributed by atoms with Gasteiger partial charge in [0.2, 0.25) is 0 Å². The molecule has 0 amide bonds. The molecular formula is C16H38O3Si2. The molecule has 5 heteroatoms. The fourth-order valence-electron chi connectivity index (χ4n) is 2.63. The molecule has 0 N–H and O–H groups in total. The van der Waals surface area contributed by atoms with Crippen molar-refractivity contribution >= 4 is 16.6 Å². The largest absolute Gasteiger partial charge is 0.455 e. The number of hydrogen-bond acceptors (Lipinski definition) is 3. The van der Waals surface area contributed by atoms with Crippen LogP contribution >= 0.6 is 0 Å². The van der Waals surface area contributed by atoms with Crippen LogP contribution in [0.15, 0.2) is 0 Å². The van der Waals surface area contributed by atoms with Crippen LogP contribution < -0.4 is 0 Å². The third-order valence-electron chi connectivity index (χ3n) is 3.68. The molecule has 0 saturated carbocycles. The van der Waals surface area contributed by atoms with Gasteiger partial charge in [-0.25, -0.2) is 0 Å². The predicted molar refractivity (Wildman–Crippen MR) is 97.1 cm³/mol. The molecule has 3 nitrogen and oxygen atoms in total. The molecule has 0 atom stereocenters. The Kier molecular flexibility index (Phi) is 12.0. The average molecular weight is 335 g/mol. The first-order valence-corrected chi connectivity index (χ1v) is 14.8. The zero-order valence-electron chi connectivity index (χ0n) is 15.3. The van der Waals surface area contributed by atoms with Gasteiger partial charge in [0.1, 0.15) is 0 Å². The van der Waals surface area contributed by atoms with Crippen molar-refractivity contribution in [2.24, 2.45) is 0 Å². The summed E-state index contributed by atoms with van der Waals surface area (Å²) in [7, 11) is -1.19. The first-order valence-electron chi connectivity index (χ1n) is 8.60. The number of ether oxygens (including phenoxy) is 2. The summed E-state index contributed by atoms with van der Waals surface area (Å²) in [5, 5.41) is 0. The van der Waals surface area contributed by atoms with Gasteiger partial charge in [0.05, 0.1) is 13.2 Å². The molecule has 0 aliphatic carbocycles. The minimum absolute atomic E-state index is 0.700. The summed E-state index contributed by atoms with van der Waals surface area (Å²) in [6, 6.07) is 2.60. The molecule has 0 saturated heterocycles. The van der Waals surface area contributed by atoms with E-state index in [1.54, 1.807) is 7.11 Å². The highest BCUT2D eigenvalue weighted by Crippen LogP contribution is 2.24. The Bertz CT molecular complexity index is 246. The Balaban J connectivity index is 3.72. The molecule has 0 aromatic carbocycles. The van der Waals surface area contributed by atoms with Crippen molar-refractivity contribution in [3.05, 3.63) is 0 Å². The zero-order valence-corrected chi connectivity index (χ0v) is 17.3. The van der Waals surface area contributed by atoms with E-state index in [0.717, 1.165) is 19.6 Å². The highest BCUT2D eigenvalue weighted by Gasteiger charge is 2.31. The van der Waals surface area contributed by atoms with Gasteiger partial charge in [0.15, 0.2) is 16.6 Å². The van der Waals surface area contributed by atoms with E-state index in [0.29, 0.717) is 6.61 Å². The van der Waals surface area contributed by atoms with Crippen LogP contribution in [0.3, 0.4) is 0 Å². The second-order valence-electron chi connectivity index (χ2n) is 7.14. The lowest BCUT2D eigenvalue weighted by Crippen LogP contribution is -2.44. The van der Waals surface area contributed by atoms with E-state index < -0.39 is 16.6 Å². The number of unbranched alkanes of at least 4 members (excludes halogenated alkanes) is 3. The average Bonchev–Trinajstić information content (AvgIpc) is 2.38. The van der Waals surface area contributed by atoms with Crippen LogP contribution in [0.2, 0.25) is 38.3 Å². The smallest absolute Gasteiger partial charge is 0.173 e. The van der Waals surface area contributed by atoms with Crippen LogP contribution in [0.1, 0.15) is 39.0 Å². The molecule has 0 unspecified atom stereocenters. The van der Waals surface area contributed by atoms with E-state index in [1.807, 2.05) is 0 Å². The fraction of sp³-hybridized carbons (Fsp3) is 1.00. The Morgan fingerprint density at radius 1 is 0.714 bits per heavy atom. The summed E-state index contributed by atoms with van der Waals surface area (Å²) in [6.45, 7) is 14.1. The molecule has 21 heavy (non-hydrogen) atoms. The molecule has 128 valence electrons. The van der Waals surface area contributed by atoms with Crippen LogP contribution in [-0.2, 0) is 13.6 Å². The highest BCUT2D eigenvalue weighted by molar-refractivity contribution is 6.84. The Labute approximate surface area is 135 Å². The minimum Gasteiger partial charge on any atom is -0.455 e. The molecule has 0 aromatic rings. The summed E-state index contributed by atoms with van der Waals surface area (Å²) >= 11 is 0. The van der Waals surface area contributed by atoms with Gasteiger partial charge in [0.25, 0.3) is 0 Å². The summed E-state index contributed by atoms with van der Waals surface area (Å²) in [5.74, 6) is 0. The molecule has 0 aliphatic heterocycles. The van der Waals surface area contributed by atoms with Gasteiger partial charge >= 0.3 is 0 Å². The van der Waals surface area contributed by atoms with E-state index in [-0.39, 0.29) is 0 Å². The molecule has 0 rings (SSSR count). The van der Waals surface area contributed by atoms with E-state index in [1.165, 1.54) is 37.8 Å². The molecular weight excluding hydrogens is 296 g/mol. The second-order valence-corrected chi connectivity index (χ2v) is 16.0. The minimum atomic E-state index is -1.47. The van der Waals surface area contributed by atoms with E-state index >= 15 is 0 Å². The first-order chi connectivity index (χ1) is 9.83. The van der Waals surface area contributed by atoms with Crippen LogP contribution in [0.5, 0.6) is 0 Å². The number of rotatable bonds is 14. The molecule has 0 bridgehead atoms. The van der Waals surface area contributed by atoms with Gasteiger partial charge in [-0.15, -0.1) is 0 Å². The van der Waals surface area contributed by atoms with Gasteiger partial charge in [0, 0.05) is 13.7 Å². The van der Waals surface area contributed by atoms with E-state index in [9.17, 15) is 0 Å². The summed E-state index contributed by atoms with van der Waals surface area (Å²) < 4.78 is 17.1. The van der Waals surface area contributed by atoms with Crippen LogP contribution in [0, 0.1) is 0 Å². The molecule has 0 heterocycles. The summed E-state index contributed by atoms with van der Waals surface area (Å²) in [6.07, 6.45) is 6.30. The maximum Gasteiger partial charge on any atom is 0.173 e. The lowest BCUT2D eigenvalue weighted by atomic mass is 10.3. The highest BCUT2D eigenvalue weighted by atomic mass is 28.4. The monoisotopic (exact) mass is 334 g/mol. The van der Waals surface area contributed by atoms with Gasteiger partial charge in [-0.1, -0.05) is 32.6 Å². The van der Waals surface area contributed by atoms with Crippen molar-refractivity contribution in [2.45, 2.75) is 77.3 Å². The number of methoxy groups -OCH3 is 1. The zero-order chi connectivity index (χ0) is 16.2. The quantitative estimate of drug-likeness (QED) is 0.329. The van der Waals surface area contributed by atoms with E-state index in [4.69, 9.17) is 13.6 Å². The maximum absolute atomic E-state index is 6.62. The van der Waals surface area contributed by atoms with Crippen molar-refractivity contribution in [1.82, 2.24) is 0 Å². The lowest BCUT2D eigenvalue weighted by molar-refractivity contribution is 0.0687. The normalized spacial score (nSPS) is 12.9. The van der Waals surface area contributed by atoms with Gasteiger partial charge in [-0.2, -0.15) is 0 Å². The van der Waals surface area contributed by atoms with Crippen LogP contribution in [-0.4, -0.2) is 43.6 Å². The molecule has 0 aromatic heterocycles. The van der Waals surface area contributed by atoms with Gasteiger partial charge < -0.3 is 13.6 Å². The summed E-state index contributed by atoms with van der Waals surface area (Å²) in [4.78, 5) is 0. The molecule has 0 radical (unpaired) electrons. The maximum atomic E-state index is 6.62. The Hall–Kier alpha value is 0.314. The van der Waals surface area contributed by atoms with Crippen LogP contribution in [0.25, 0.3) is 0 Å². The first kappa shape index (κ1) is 21.3. The summed E-state index contributed by atoms with van der Waals surface area (Å²) in [5.41, 5.74) is 0. The van der Waals surface area contributed by atoms with Gasteiger partial charge in [-0.3, -0.25) is 0 Å². The fourth-order valence-corrected chi connectivity index (χ4v) is 11.7. The molecule has 0 spiro atoms. The van der Waals surface area contributed by atoms with Crippen molar-refractivity contribution in [3.8, 4) is 0 Å². The molecule has 0 fully saturated rings. The third kappa shape index (κ3) is 13.7. The van der Waals surface area contributed by atoms with Crippen molar-refractivity contribution in [1.29, 1.82) is 0 Å². The number of hydrogen-bond donors (Lipinski definition) is 0. The molecule has 0 aliphatic rings.